The van der Waals surface area contributed by atoms with E-state index in [9.17, 15) is 13.2 Å². The lowest BCUT2D eigenvalue weighted by Crippen LogP contribution is -2.34. The molecule has 0 spiro atoms. The van der Waals surface area contributed by atoms with Gasteiger partial charge in [-0.3, -0.25) is 4.79 Å². The van der Waals surface area contributed by atoms with E-state index in [1.807, 2.05) is 24.4 Å². The van der Waals surface area contributed by atoms with Crippen LogP contribution >= 0.6 is 11.3 Å². The molecule has 0 saturated carbocycles. The van der Waals surface area contributed by atoms with Gasteiger partial charge in [-0.15, -0.1) is 11.3 Å². The normalized spacial score (nSPS) is 11.7. The van der Waals surface area contributed by atoms with Crippen LogP contribution in [0.15, 0.2) is 52.7 Å². The summed E-state index contributed by atoms with van der Waals surface area (Å²) >= 11 is 1.54. The molecule has 1 aromatic carbocycles. The molecule has 0 saturated heterocycles. The van der Waals surface area contributed by atoms with E-state index in [2.05, 4.69) is 10.0 Å². The van der Waals surface area contributed by atoms with Gasteiger partial charge in [0, 0.05) is 24.0 Å². The van der Waals surface area contributed by atoms with Crippen LogP contribution in [-0.2, 0) is 14.8 Å². The molecule has 0 aliphatic heterocycles. The number of carbonyl (C=O) groups excluding carboxylic acids is 1. The molecule has 0 atom stereocenters. The quantitative estimate of drug-likeness (QED) is 0.593. The van der Waals surface area contributed by atoms with Crippen LogP contribution in [0, 0.1) is 6.92 Å². The average molecular weight is 350 g/mol. The van der Waals surface area contributed by atoms with Gasteiger partial charge in [0.25, 0.3) is 0 Å². The fourth-order valence-corrected chi connectivity index (χ4v) is 3.42. The van der Waals surface area contributed by atoms with Gasteiger partial charge in [-0.2, -0.15) is 0 Å². The number of benzene rings is 1. The highest BCUT2D eigenvalue weighted by Gasteiger charge is 2.12. The van der Waals surface area contributed by atoms with E-state index in [1.165, 1.54) is 17.4 Å². The number of rotatable bonds is 7. The molecule has 1 amide bonds. The van der Waals surface area contributed by atoms with Crippen LogP contribution in [0.2, 0.25) is 0 Å². The average Bonchev–Trinajstić information content (AvgIpc) is 3.03. The zero-order valence-corrected chi connectivity index (χ0v) is 14.3. The van der Waals surface area contributed by atoms with E-state index in [1.54, 1.807) is 30.3 Å². The zero-order chi connectivity index (χ0) is 16.7. The van der Waals surface area contributed by atoms with Gasteiger partial charge in [-0.25, -0.2) is 13.1 Å². The van der Waals surface area contributed by atoms with E-state index in [0.29, 0.717) is 0 Å². The van der Waals surface area contributed by atoms with Gasteiger partial charge in [0.05, 0.1) is 4.90 Å². The molecule has 1 heterocycles. The number of hydrogen-bond donors (Lipinski definition) is 2. The Morgan fingerprint density at radius 1 is 1.17 bits per heavy atom. The summed E-state index contributed by atoms with van der Waals surface area (Å²) < 4.78 is 26.5. The van der Waals surface area contributed by atoms with Gasteiger partial charge < -0.3 is 5.32 Å². The molecule has 2 aromatic rings. The first-order chi connectivity index (χ1) is 11.0. The first-order valence-corrected chi connectivity index (χ1v) is 9.39. The molecule has 2 N–H and O–H groups in total. The van der Waals surface area contributed by atoms with Gasteiger partial charge in [-0.05, 0) is 36.6 Å². The molecule has 1 aromatic heterocycles. The third-order valence-electron chi connectivity index (χ3n) is 2.99. The molecule has 0 bridgehead atoms. The second-order valence-corrected chi connectivity index (χ2v) is 7.60. The van der Waals surface area contributed by atoms with Crippen LogP contribution in [-0.4, -0.2) is 27.4 Å². The summed E-state index contributed by atoms with van der Waals surface area (Å²) in [6, 6.07) is 10.4. The van der Waals surface area contributed by atoms with E-state index in [0.717, 1.165) is 10.4 Å². The van der Waals surface area contributed by atoms with Crippen LogP contribution in [0.5, 0.6) is 0 Å². The summed E-state index contributed by atoms with van der Waals surface area (Å²) in [7, 11) is -3.54. The minimum absolute atomic E-state index is 0.134. The maximum absolute atomic E-state index is 12.0. The molecular formula is C16H18N2O3S2. The molecule has 0 fully saturated rings. The lowest BCUT2D eigenvalue weighted by molar-refractivity contribution is -0.116. The van der Waals surface area contributed by atoms with Crippen molar-refractivity contribution in [3.05, 3.63) is 58.3 Å². The molecule has 2 rings (SSSR count). The van der Waals surface area contributed by atoms with Gasteiger partial charge in [0.1, 0.15) is 0 Å². The minimum Gasteiger partial charge on any atom is -0.351 e. The third-order valence-corrected chi connectivity index (χ3v) is 5.30. The SMILES string of the molecule is Cc1ccc(S(=O)(=O)NCCNC(=O)/C=C/c2cccs2)cc1. The minimum atomic E-state index is -3.54. The van der Waals surface area contributed by atoms with Crippen molar-refractivity contribution in [3.63, 3.8) is 0 Å². The lowest BCUT2D eigenvalue weighted by Gasteiger charge is -2.07. The Balaban J connectivity index is 1.76. The van der Waals surface area contributed by atoms with Crippen molar-refractivity contribution < 1.29 is 13.2 Å². The Hall–Kier alpha value is -1.96. The van der Waals surface area contributed by atoms with Crippen LogP contribution in [0.25, 0.3) is 6.08 Å². The summed E-state index contributed by atoms with van der Waals surface area (Å²) in [5, 5.41) is 4.56. The molecular weight excluding hydrogens is 332 g/mol. The Morgan fingerprint density at radius 2 is 1.91 bits per heavy atom. The van der Waals surface area contributed by atoms with Crippen molar-refractivity contribution in [3.8, 4) is 0 Å². The first kappa shape index (κ1) is 17.4. The Bertz CT molecular complexity index is 764. The molecule has 5 nitrogen and oxygen atoms in total. The number of amides is 1. The maximum Gasteiger partial charge on any atom is 0.244 e. The highest BCUT2D eigenvalue weighted by atomic mass is 32.2. The number of sulfonamides is 1. The van der Waals surface area contributed by atoms with E-state index in [4.69, 9.17) is 0 Å². The number of thiophene rings is 1. The van der Waals surface area contributed by atoms with Crippen molar-refractivity contribution in [2.24, 2.45) is 0 Å². The van der Waals surface area contributed by atoms with Crippen LogP contribution in [0.3, 0.4) is 0 Å². The molecule has 0 aliphatic carbocycles. The number of aryl methyl sites for hydroxylation is 1. The summed E-state index contributed by atoms with van der Waals surface area (Å²) in [5.74, 6) is -0.257. The fraction of sp³-hybridized carbons (Fsp3) is 0.188. The van der Waals surface area contributed by atoms with Crippen LogP contribution < -0.4 is 10.0 Å². The molecule has 0 unspecified atom stereocenters. The van der Waals surface area contributed by atoms with E-state index >= 15 is 0 Å². The molecule has 122 valence electrons. The van der Waals surface area contributed by atoms with Gasteiger partial charge in [0.2, 0.25) is 15.9 Å². The molecule has 23 heavy (non-hydrogen) atoms. The molecule has 7 heteroatoms. The van der Waals surface area contributed by atoms with Crippen LogP contribution in [0.1, 0.15) is 10.4 Å². The number of carbonyl (C=O) groups is 1. The lowest BCUT2D eigenvalue weighted by atomic mass is 10.2. The zero-order valence-electron chi connectivity index (χ0n) is 12.7. The third kappa shape index (κ3) is 5.63. The highest BCUT2D eigenvalue weighted by Crippen LogP contribution is 2.10. The number of hydrogen-bond acceptors (Lipinski definition) is 4. The highest BCUT2D eigenvalue weighted by molar-refractivity contribution is 7.89. The summed E-state index contributed by atoms with van der Waals surface area (Å²) in [6.45, 7) is 2.25. The van der Waals surface area contributed by atoms with E-state index < -0.39 is 10.0 Å². The Morgan fingerprint density at radius 3 is 2.57 bits per heavy atom. The van der Waals surface area contributed by atoms with Gasteiger partial charge >= 0.3 is 0 Å². The van der Waals surface area contributed by atoms with Gasteiger partial charge in [0.15, 0.2) is 0 Å². The van der Waals surface area contributed by atoms with Crippen molar-refractivity contribution in [1.29, 1.82) is 0 Å². The largest absolute Gasteiger partial charge is 0.351 e. The van der Waals surface area contributed by atoms with E-state index in [-0.39, 0.29) is 23.9 Å². The molecule has 0 radical (unpaired) electrons. The van der Waals surface area contributed by atoms with Crippen molar-refractivity contribution in [1.82, 2.24) is 10.0 Å². The fourth-order valence-electron chi connectivity index (χ4n) is 1.77. The second-order valence-electron chi connectivity index (χ2n) is 4.85. The van der Waals surface area contributed by atoms with Crippen LogP contribution in [0.4, 0.5) is 0 Å². The second kappa shape index (κ2) is 8.05. The Kier molecular flexibility index (Phi) is 6.09. The predicted octanol–water partition coefficient (Wildman–Crippen LogP) is 2.16. The summed E-state index contributed by atoms with van der Waals surface area (Å²) in [5.41, 5.74) is 0.994. The van der Waals surface area contributed by atoms with Crippen molar-refractivity contribution in [2.75, 3.05) is 13.1 Å². The maximum atomic E-state index is 12.0. The monoisotopic (exact) mass is 350 g/mol. The first-order valence-electron chi connectivity index (χ1n) is 7.03. The van der Waals surface area contributed by atoms with Crippen molar-refractivity contribution in [2.45, 2.75) is 11.8 Å². The topological polar surface area (TPSA) is 75.3 Å². The summed E-state index contributed by atoms with van der Waals surface area (Å²) in [4.78, 5) is 12.8. The Labute approximate surface area is 140 Å². The molecule has 0 aliphatic rings. The summed E-state index contributed by atoms with van der Waals surface area (Å²) in [6.07, 6.45) is 3.15. The number of nitrogens with one attached hydrogen (secondary N) is 2. The standard InChI is InChI=1S/C16H18N2O3S2/c1-13-4-7-15(8-5-13)23(20,21)18-11-10-17-16(19)9-6-14-3-2-12-22-14/h2-9,12,18H,10-11H2,1H3,(H,17,19)/b9-6+. The van der Waals surface area contributed by atoms with Gasteiger partial charge in [-0.1, -0.05) is 23.8 Å². The smallest absolute Gasteiger partial charge is 0.244 e. The predicted molar refractivity (Wildman–Crippen MR) is 92.7 cm³/mol. The van der Waals surface area contributed by atoms with Crippen molar-refractivity contribution >= 4 is 33.3 Å².